The molecule has 1 aromatic heterocycles. The number of carbonyl (C=O) groups is 1. The van der Waals surface area contributed by atoms with E-state index in [9.17, 15) is 14.0 Å². The van der Waals surface area contributed by atoms with Crippen molar-refractivity contribution in [1.29, 1.82) is 0 Å². The highest BCUT2D eigenvalue weighted by molar-refractivity contribution is 6.04. The minimum absolute atomic E-state index is 0.0347. The highest BCUT2D eigenvalue weighted by atomic mass is 19.1. The summed E-state index contributed by atoms with van der Waals surface area (Å²) in [7, 11) is 1.53. The number of anilines is 1. The molecule has 5 nitrogen and oxygen atoms in total. The molecular formula is C23H16FNO4. The molecule has 144 valence electrons. The van der Waals surface area contributed by atoms with Crippen LogP contribution in [0.15, 0.2) is 82.0 Å². The maximum absolute atomic E-state index is 13.7. The second kappa shape index (κ2) is 7.59. The van der Waals surface area contributed by atoms with Crippen LogP contribution in [0.4, 0.5) is 10.1 Å². The monoisotopic (exact) mass is 389 g/mol. The molecule has 1 heterocycles. The molecule has 4 rings (SSSR count). The van der Waals surface area contributed by atoms with Crippen LogP contribution in [-0.2, 0) is 0 Å². The molecule has 6 heteroatoms. The molecule has 0 fully saturated rings. The minimum Gasteiger partial charge on any atom is -0.497 e. The highest BCUT2D eigenvalue weighted by Crippen LogP contribution is 2.25. The summed E-state index contributed by atoms with van der Waals surface area (Å²) in [6.07, 6.45) is 0. The van der Waals surface area contributed by atoms with Crippen molar-refractivity contribution >= 4 is 22.6 Å². The van der Waals surface area contributed by atoms with Crippen LogP contribution in [0.3, 0.4) is 0 Å². The second-order valence-corrected chi connectivity index (χ2v) is 6.35. The second-order valence-electron chi connectivity index (χ2n) is 6.35. The van der Waals surface area contributed by atoms with E-state index >= 15 is 0 Å². The fourth-order valence-corrected chi connectivity index (χ4v) is 2.97. The fraction of sp³-hybridized carbons (Fsp3) is 0.0435. The van der Waals surface area contributed by atoms with Crippen LogP contribution in [0.5, 0.6) is 5.75 Å². The number of rotatable bonds is 4. The smallest absolute Gasteiger partial charge is 0.258 e. The Morgan fingerprint density at radius 3 is 2.48 bits per heavy atom. The first kappa shape index (κ1) is 18.4. The zero-order valence-corrected chi connectivity index (χ0v) is 15.4. The number of fused-ring (bicyclic) bond motifs is 1. The molecule has 0 saturated heterocycles. The van der Waals surface area contributed by atoms with Crippen LogP contribution in [0.2, 0.25) is 0 Å². The predicted molar refractivity (Wildman–Crippen MR) is 109 cm³/mol. The Balaban J connectivity index is 1.60. The van der Waals surface area contributed by atoms with Gasteiger partial charge < -0.3 is 14.5 Å². The van der Waals surface area contributed by atoms with Gasteiger partial charge in [0.2, 0.25) is 0 Å². The topological polar surface area (TPSA) is 68.5 Å². The quantitative estimate of drug-likeness (QED) is 0.541. The average molecular weight is 389 g/mol. The first-order valence-electron chi connectivity index (χ1n) is 8.83. The number of nitrogens with one attached hydrogen (secondary N) is 1. The molecule has 0 aliphatic carbocycles. The average Bonchev–Trinajstić information content (AvgIpc) is 2.74. The lowest BCUT2D eigenvalue weighted by molar-refractivity contribution is 0.102. The van der Waals surface area contributed by atoms with Crippen LogP contribution in [0, 0.1) is 5.82 Å². The van der Waals surface area contributed by atoms with Gasteiger partial charge in [-0.05, 0) is 54.6 Å². The maximum atomic E-state index is 13.7. The number of carbonyl (C=O) groups excluding carboxylic acids is 1. The van der Waals surface area contributed by atoms with E-state index in [1.807, 2.05) is 0 Å². The van der Waals surface area contributed by atoms with Gasteiger partial charge in [0, 0.05) is 17.3 Å². The number of methoxy groups -OCH3 is 1. The van der Waals surface area contributed by atoms with Gasteiger partial charge in [0.1, 0.15) is 22.9 Å². The zero-order chi connectivity index (χ0) is 20.4. The van der Waals surface area contributed by atoms with E-state index in [0.717, 1.165) is 0 Å². The van der Waals surface area contributed by atoms with Crippen molar-refractivity contribution in [2.24, 2.45) is 0 Å². The van der Waals surface area contributed by atoms with Gasteiger partial charge in [-0.2, -0.15) is 0 Å². The van der Waals surface area contributed by atoms with Crippen molar-refractivity contribution in [3.05, 3.63) is 94.4 Å². The predicted octanol–water partition coefficient (Wildman–Crippen LogP) is 4.86. The van der Waals surface area contributed by atoms with Gasteiger partial charge in [-0.1, -0.05) is 12.1 Å². The summed E-state index contributed by atoms with van der Waals surface area (Å²) in [5.41, 5.74) is 1.40. The fourth-order valence-electron chi connectivity index (χ4n) is 2.97. The van der Waals surface area contributed by atoms with Gasteiger partial charge in [-0.15, -0.1) is 0 Å². The molecule has 1 N–H and O–H groups in total. The Morgan fingerprint density at radius 2 is 1.76 bits per heavy atom. The van der Waals surface area contributed by atoms with E-state index in [0.29, 0.717) is 33.7 Å². The van der Waals surface area contributed by atoms with Crippen molar-refractivity contribution in [2.75, 3.05) is 12.4 Å². The summed E-state index contributed by atoms with van der Waals surface area (Å²) in [6.45, 7) is 0. The Morgan fingerprint density at radius 1 is 1.00 bits per heavy atom. The SMILES string of the molecule is COc1ccc2oc(-c3ccc(NC(=O)c4ccccc4F)cc3)cc(=O)c2c1. The summed E-state index contributed by atoms with van der Waals surface area (Å²) in [5.74, 6) is -0.148. The maximum Gasteiger partial charge on any atom is 0.258 e. The third kappa shape index (κ3) is 3.73. The lowest BCUT2D eigenvalue weighted by atomic mass is 10.1. The van der Waals surface area contributed by atoms with Crippen LogP contribution in [0.1, 0.15) is 10.4 Å². The third-order valence-electron chi connectivity index (χ3n) is 4.48. The van der Waals surface area contributed by atoms with E-state index in [1.54, 1.807) is 48.5 Å². The molecular weight excluding hydrogens is 373 g/mol. The van der Waals surface area contributed by atoms with Crippen molar-refractivity contribution in [1.82, 2.24) is 0 Å². The molecule has 0 unspecified atom stereocenters. The molecule has 0 atom stereocenters. The van der Waals surface area contributed by atoms with Crippen molar-refractivity contribution in [3.63, 3.8) is 0 Å². The first-order valence-corrected chi connectivity index (χ1v) is 8.83. The summed E-state index contributed by atoms with van der Waals surface area (Å²) in [6, 6.07) is 19.0. The molecule has 29 heavy (non-hydrogen) atoms. The molecule has 0 saturated carbocycles. The number of amides is 1. The molecule has 4 aromatic rings. The normalized spacial score (nSPS) is 10.7. The van der Waals surface area contributed by atoms with Crippen LogP contribution in [0.25, 0.3) is 22.3 Å². The lowest BCUT2D eigenvalue weighted by Gasteiger charge is -2.08. The number of hydrogen-bond acceptors (Lipinski definition) is 4. The Hall–Kier alpha value is -3.93. The largest absolute Gasteiger partial charge is 0.497 e. The van der Waals surface area contributed by atoms with E-state index in [2.05, 4.69) is 5.32 Å². The van der Waals surface area contributed by atoms with Gasteiger partial charge >= 0.3 is 0 Å². The minimum atomic E-state index is -0.587. The summed E-state index contributed by atoms with van der Waals surface area (Å²) in [5, 5.41) is 3.08. The molecule has 0 bridgehead atoms. The number of ether oxygens (including phenoxy) is 1. The van der Waals surface area contributed by atoms with Gasteiger partial charge in [-0.25, -0.2) is 4.39 Å². The Kier molecular flexibility index (Phi) is 4.83. The molecule has 0 aliphatic rings. The summed E-state index contributed by atoms with van der Waals surface area (Å²) in [4.78, 5) is 24.6. The van der Waals surface area contributed by atoms with E-state index in [4.69, 9.17) is 9.15 Å². The van der Waals surface area contributed by atoms with Gasteiger partial charge in [0.25, 0.3) is 5.91 Å². The van der Waals surface area contributed by atoms with Gasteiger partial charge in [0.05, 0.1) is 18.1 Å². The van der Waals surface area contributed by atoms with E-state index in [1.165, 1.54) is 31.4 Å². The van der Waals surface area contributed by atoms with Gasteiger partial charge in [-0.3, -0.25) is 9.59 Å². The standard InChI is InChI=1S/C23H16FNO4/c1-28-16-10-11-21-18(12-16)20(26)13-22(29-21)14-6-8-15(9-7-14)25-23(27)17-4-2-3-5-19(17)24/h2-13H,1H3,(H,25,27). The summed E-state index contributed by atoms with van der Waals surface area (Å²) >= 11 is 0. The Labute approximate surface area is 165 Å². The van der Waals surface area contributed by atoms with E-state index in [-0.39, 0.29) is 11.0 Å². The van der Waals surface area contributed by atoms with Crippen molar-refractivity contribution in [3.8, 4) is 17.1 Å². The Bertz CT molecular complexity index is 1260. The number of hydrogen-bond donors (Lipinski definition) is 1. The molecule has 0 aliphatic heterocycles. The zero-order valence-electron chi connectivity index (χ0n) is 15.4. The number of halogens is 1. The van der Waals surface area contributed by atoms with E-state index < -0.39 is 11.7 Å². The molecule has 1 amide bonds. The molecule has 0 spiro atoms. The van der Waals surface area contributed by atoms with Gasteiger partial charge in [0.15, 0.2) is 5.43 Å². The third-order valence-corrected chi connectivity index (χ3v) is 4.48. The highest BCUT2D eigenvalue weighted by Gasteiger charge is 2.12. The van der Waals surface area contributed by atoms with Crippen molar-refractivity contribution < 1.29 is 18.3 Å². The molecule has 3 aromatic carbocycles. The van der Waals surface area contributed by atoms with Crippen LogP contribution < -0.4 is 15.5 Å². The van der Waals surface area contributed by atoms with Crippen molar-refractivity contribution in [2.45, 2.75) is 0 Å². The van der Waals surface area contributed by atoms with Crippen LogP contribution >= 0.6 is 0 Å². The lowest BCUT2D eigenvalue weighted by Crippen LogP contribution is -2.13. The summed E-state index contributed by atoms with van der Waals surface area (Å²) < 4.78 is 24.7. The first-order chi connectivity index (χ1) is 14.0. The molecule has 0 radical (unpaired) electrons. The number of benzene rings is 3. The van der Waals surface area contributed by atoms with Crippen LogP contribution in [-0.4, -0.2) is 13.0 Å².